The largest absolute Gasteiger partial charge is 0.467 e. The second kappa shape index (κ2) is 5.48. The molecule has 1 aromatic rings. The molecular formula is C10H19N5O. The molecule has 0 saturated heterocycles. The Morgan fingerprint density at radius 1 is 1.31 bits per heavy atom. The number of nitrogens with zero attached hydrogens (tertiary/aromatic N) is 4. The van der Waals surface area contributed by atoms with E-state index in [9.17, 15) is 0 Å². The summed E-state index contributed by atoms with van der Waals surface area (Å²) in [7, 11) is 5.26. The van der Waals surface area contributed by atoms with E-state index in [4.69, 9.17) is 4.74 Å². The molecule has 16 heavy (non-hydrogen) atoms. The summed E-state index contributed by atoms with van der Waals surface area (Å²) in [5, 5.41) is 2.88. The summed E-state index contributed by atoms with van der Waals surface area (Å²) in [4.78, 5) is 14.5. The Morgan fingerprint density at radius 3 is 2.50 bits per heavy atom. The van der Waals surface area contributed by atoms with E-state index in [0.29, 0.717) is 23.8 Å². The molecule has 0 fully saturated rings. The van der Waals surface area contributed by atoms with Gasteiger partial charge in [0.25, 0.3) is 0 Å². The van der Waals surface area contributed by atoms with Gasteiger partial charge in [0.1, 0.15) is 0 Å². The van der Waals surface area contributed by atoms with Gasteiger partial charge in [-0.1, -0.05) is 13.8 Å². The Bertz CT molecular complexity index is 320. The van der Waals surface area contributed by atoms with Crippen LogP contribution in [0.1, 0.15) is 13.8 Å². The zero-order chi connectivity index (χ0) is 12.1. The average molecular weight is 225 g/mol. The third-order valence-corrected chi connectivity index (χ3v) is 1.99. The summed E-state index contributed by atoms with van der Waals surface area (Å²) < 4.78 is 5.02. The minimum absolute atomic E-state index is 0.324. The van der Waals surface area contributed by atoms with Crippen LogP contribution in [0.3, 0.4) is 0 Å². The number of methoxy groups -OCH3 is 1. The molecule has 0 spiro atoms. The van der Waals surface area contributed by atoms with E-state index in [1.54, 1.807) is 14.2 Å². The molecule has 1 N–H and O–H groups in total. The van der Waals surface area contributed by atoms with Gasteiger partial charge in [-0.2, -0.15) is 15.0 Å². The van der Waals surface area contributed by atoms with Crippen LogP contribution < -0.4 is 15.0 Å². The fourth-order valence-corrected chi connectivity index (χ4v) is 1.35. The maximum Gasteiger partial charge on any atom is 0.322 e. The molecule has 0 saturated carbocycles. The molecule has 0 aliphatic carbocycles. The monoisotopic (exact) mass is 225 g/mol. The standard InChI is InChI=1S/C10H19N5O/c1-7(2)6-15(4)9-12-8(11-3)13-10(14-9)16-5/h7H,6H2,1-5H3,(H,11,12,13,14). The predicted molar refractivity (Wildman–Crippen MR) is 64.0 cm³/mol. The molecule has 90 valence electrons. The molecule has 0 aromatic carbocycles. The molecule has 0 radical (unpaired) electrons. The number of aromatic nitrogens is 3. The Hall–Kier alpha value is -1.59. The highest BCUT2D eigenvalue weighted by Crippen LogP contribution is 2.14. The molecule has 0 bridgehead atoms. The summed E-state index contributed by atoms with van der Waals surface area (Å²) in [5.41, 5.74) is 0. The molecule has 1 rings (SSSR count). The Labute approximate surface area is 96.1 Å². The Kier molecular flexibility index (Phi) is 4.28. The van der Waals surface area contributed by atoms with Crippen molar-refractivity contribution in [1.29, 1.82) is 0 Å². The van der Waals surface area contributed by atoms with Crippen LogP contribution in [0.5, 0.6) is 6.01 Å². The van der Waals surface area contributed by atoms with E-state index < -0.39 is 0 Å². The van der Waals surface area contributed by atoms with Crippen molar-refractivity contribution < 1.29 is 4.74 Å². The van der Waals surface area contributed by atoms with Crippen LogP contribution in [0, 0.1) is 5.92 Å². The number of ether oxygens (including phenoxy) is 1. The van der Waals surface area contributed by atoms with Gasteiger partial charge < -0.3 is 15.0 Å². The second-order valence-corrected chi connectivity index (χ2v) is 3.97. The zero-order valence-corrected chi connectivity index (χ0v) is 10.5. The first-order valence-corrected chi connectivity index (χ1v) is 5.25. The van der Waals surface area contributed by atoms with Crippen LogP contribution in [0.25, 0.3) is 0 Å². The van der Waals surface area contributed by atoms with Gasteiger partial charge in [0.15, 0.2) is 0 Å². The molecule has 1 aromatic heterocycles. The minimum Gasteiger partial charge on any atom is -0.467 e. The molecule has 6 heteroatoms. The third kappa shape index (κ3) is 3.22. The molecule has 1 heterocycles. The van der Waals surface area contributed by atoms with Crippen molar-refractivity contribution in [2.75, 3.05) is 38.0 Å². The van der Waals surface area contributed by atoms with Gasteiger partial charge in [-0.25, -0.2) is 0 Å². The molecule has 0 aliphatic rings. The van der Waals surface area contributed by atoms with Crippen molar-refractivity contribution in [3.05, 3.63) is 0 Å². The van der Waals surface area contributed by atoms with Crippen LogP contribution in [0.15, 0.2) is 0 Å². The molecule has 6 nitrogen and oxygen atoms in total. The van der Waals surface area contributed by atoms with Gasteiger partial charge in [-0.05, 0) is 5.92 Å². The first kappa shape index (κ1) is 12.5. The van der Waals surface area contributed by atoms with Crippen LogP contribution in [-0.2, 0) is 0 Å². The Balaban J connectivity index is 2.93. The van der Waals surface area contributed by atoms with E-state index in [0.717, 1.165) is 6.54 Å². The van der Waals surface area contributed by atoms with Crippen LogP contribution >= 0.6 is 0 Å². The van der Waals surface area contributed by atoms with Crippen molar-refractivity contribution in [3.8, 4) is 6.01 Å². The van der Waals surface area contributed by atoms with E-state index in [1.807, 2.05) is 11.9 Å². The van der Waals surface area contributed by atoms with Crippen molar-refractivity contribution in [1.82, 2.24) is 15.0 Å². The van der Waals surface area contributed by atoms with Gasteiger partial charge in [0.05, 0.1) is 7.11 Å². The smallest absolute Gasteiger partial charge is 0.322 e. The number of nitrogens with one attached hydrogen (secondary N) is 1. The third-order valence-electron chi connectivity index (χ3n) is 1.99. The van der Waals surface area contributed by atoms with Gasteiger partial charge in [-0.3, -0.25) is 0 Å². The van der Waals surface area contributed by atoms with Crippen molar-refractivity contribution >= 4 is 11.9 Å². The lowest BCUT2D eigenvalue weighted by molar-refractivity contribution is 0.378. The minimum atomic E-state index is 0.324. The summed E-state index contributed by atoms with van der Waals surface area (Å²) in [5.74, 6) is 1.67. The van der Waals surface area contributed by atoms with E-state index >= 15 is 0 Å². The number of anilines is 2. The fraction of sp³-hybridized carbons (Fsp3) is 0.700. The van der Waals surface area contributed by atoms with Gasteiger partial charge >= 0.3 is 6.01 Å². The number of hydrogen-bond donors (Lipinski definition) is 1. The highest BCUT2D eigenvalue weighted by atomic mass is 16.5. The van der Waals surface area contributed by atoms with Crippen molar-refractivity contribution in [2.45, 2.75) is 13.8 Å². The van der Waals surface area contributed by atoms with E-state index in [-0.39, 0.29) is 0 Å². The lowest BCUT2D eigenvalue weighted by atomic mass is 10.2. The lowest BCUT2D eigenvalue weighted by Gasteiger charge is -2.19. The van der Waals surface area contributed by atoms with Gasteiger partial charge in [-0.15, -0.1) is 0 Å². The maximum absolute atomic E-state index is 5.02. The highest BCUT2D eigenvalue weighted by Gasteiger charge is 2.10. The van der Waals surface area contributed by atoms with E-state index in [1.165, 1.54) is 0 Å². The first-order valence-electron chi connectivity index (χ1n) is 5.25. The molecule has 0 unspecified atom stereocenters. The van der Waals surface area contributed by atoms with Crippen LogP contribution in [-0.4, -0.2) is 42.7 Å². The summed E-state index contributed by atoms with van der Waals surface area (Å²) >= 11 is 0. The summed E-state index contributed by atoms with van der Waals surface area (Å²) in [6, 6.07) is 0.324. The average Bonchev–Trinajstić information content (AvgIpc) is 2.27. The summed E-state index contributed by atoms with van der Waals surface area (Å²) in [6.07, 6.45) is 0. The van der Waals surface area contributed by atoms with E-state index in [2.05, 4.69) is 34.1 Å². The zero-order valence-electron chi connectivity index (χ0n) is 10.5. The summed E-state index contributed by atoms with van der Waals surface area (Å²) in [6.45, 7) is 5.18. The normalized spacial score (nSPS) is 10.4. The highest BCUT2D eigenvalue weighted by molar-refractivity contribution is 5.37. The van der Waals surface area contributed by atoms with Crippen LogP contribution in [0.4, 0.5) is 11.9 Å². The molecule has 0 atom stereocenters. The maximum atomic E-state index is 5.02. The van der Waals surface area contributed by atoms with Crippen molar-refractivity contribution in [3.63, 3.8) is 0 Å². The quantitative estimate of drug-likeness (QED) is 0.807. The topological polar surface area (TPSA) is 63.2 Å². The fourth-order valence-electron chi connectivity index (χ4n) is 1.35. The number of rotatable bonds is 5. The van der Waals surface area contributed by atoms with Crippen LogP contribution in [0.2, 0.25) is 0 Å². The SMILES string of the molecule is CNc1nc(OC)nc(N(C)CC(C)C)n1. The number of hydrogen-bond acceptors (Lipinski definition) is 6. The van der Waals surface area contributed by atoms with Gasteiger partial charge in [0.2, 0.25) is 11.9 Å². The second-order valence-electron chi connectivity index (χ2n) is 3.97. The van der Waals surface area contributed by atoms with Crippen molar-refractivity contribution in [2.24, 2.45) is 5.92 Å². The Morgan fingerprint density at radius 2 is 2.00 bits per heavy atom. The molecule has 0 amide bonds. The van der Waals surface area contributed by atoms with Gasteiger partial charge in [0, 0.05) is 20.6 Å². The molecular weight excluding hydrogens is 206 g/mol. The molecule has 0 aliphatic heterocycles. The lowest BCUT2D eigenvalue weighted by Crippen LogP contribution is -2.25. The predicted octanol–water partition coefficient (Wildman–Crippen LogP) is 1.01. The first-order chi connectivity index (χ1) is 7.56.